The van der Waals surface area contributed by atoms with Crippen molar-refractivity contribution < 1.29 is 4.79 Å². The number of aryl methyl sites for hydroxylation is 2. The van der Waals surface area contributed by atoms with Crippen LogP contribution in [0.15, 0.2) is 6.07 Å². The van der Waals surface area contributed by atoms with E-state index in [0.29, 0.717) is 12.4 Å². The second kappa shape index (κ2) is 6.93. The molecule has 100 valence electrons. The lowest BCUT2D eigenvalue weighted by molar-refractivity contribution is -0.121. The van der Waals surface area contributed by atoms with Crippen LogP contribution in [0.1, 0.15) is 38.7 Å². The predicted octanol–water partition coefficient (Wildman–Crippen LogP) is 1.67. The first-order valence-electron chi connectivity index (χ1n) is 6.45. The van der Waals surface area contributed by atoms with Gasteiger partial charge in [-0.05, 0) is 26.7 Å². The Hall–Kier alpha value is -1.65. The maximum atomic E-state index is 11.7. The first-order chi connectivity index (χ1) is 8.56. The van der Waals surface area contributed by atoms with Gasteiger partial charge in [0.15, 0.2) is 0 Å². The lowest BCUT2D eigenvalue weighted by atomic mass is 10.2. The van der Waals surface area contributed by atoms with Crippen molar-refractivity contribution in [1.29, 1.82) is 0 Å². The van der Waals surface area contributed by atoms with Crippen LogP contribution in [0.3, 0.4) is 0 Å². The van der Waals surface area contributed by atoms with E-state index < -0.39 is 0 Å². The van der Waals surface area contributed by atoms with Crippen molar-refractivity contribution in [2.24, 2.45) is 0 Å². The highest BCUT2D eigenvalue weighted by Crippen LogP contribution is 2.08. The topological polar surface area (TPSA) is 66.9 Å². The van der Waals surface area contributed by atoms with Crippen molar-refractivity contribution in [3.63, 3.8) is 0 Å². The van der Waals surface area contributed by atoms with Gasteiger partial charge in [0.05, 0.1) is 0 Å². The largest absolute Gasteiger partial charge is 0.359 e. The summed E-state index contributed by atoms with van der Waals surface area (Å²) in [6.07, 6.45) is 1.79. The molecule has 0 fully saturated rings. The molecule has 0 aliphatic rings. The molecule has 0 saturated heterocycles. The minimum Gasteiger partial charge on any atom is -0.359 e. The molecule has 0 radical (unpaired) electrons. The van der Waals surface area contributed by atoms with Crippen molar-refractivity contribution >= 4 is 11.7 Å². The van der Waals surface area contributed by atoms with Gasteiger partial charge in [0.25, 0.3) is 0 Å². The number of carbonyl (C=O) groups is 1. The molecular weight excluding hydrogens is 228 g/mol. The second-order valence-corrected chi connectivity index (χ2v) is 4.30. The molecule has 0 aromatic carbocycles. The van der Waals surface area contributed by atoms with Crippen LogP contribution in [-0.4, -0.2) is 28.5 Å². The van der Waals surface area contributed by atoms with Gasteiger partial charge in [-0.15, -0.1) is 0 Å². The number of amides is 1. The monoisotopic (exact) mass is 250 g/mol. The standard InChI is InChI=1S/C13H22N4O/c1-5-7-14-13(18)9(3)15-12-8-11(6-2)16-10(4)17-12/h8-9H,5-7H2,1-4H3,(H,14,18)(H,15,16,17). The van der Waals surface area contributed by atoms with Crippen LogP contribution in [-0.2, 0) is 11.2 Å². The van der Waals surface area contributed by atoms with E-state index in [-0.39, 0.29) is 11.9 Å². The molecule has 0 bridgehead atoms. The predicted molar refractivity (Wildman–Crippen MR) is 72.5 cm³/mol. The summed E-state index contributed by atoms with van der Waals surface area (Å²) in [4.78, 5) is 20.3. The van der Waals surface area contributed by atoms with Gasteiger partial charge < -0.3 is 10.6 Å². The maximum Gasteiger partial charge on any atom is 0.242 e. The summed E-state index contributed by atoms with van der Waals surface area (Å²) in [5.41, 5.74) is 0.978. The van der Waals surface area contributed by atoms with E-state index in [1.807, 2.05) is 33.8 Å². The van der Waals surface area contributed by atoms with E-state index in [1.54, 1.807) is 0 Å². The smallest absolute Gasteiger partial charge is 0.242 e. The molecule has 0 spiro atoms. The van der Waals surface area contributed by atoms with Gasteiger partial charge in [-0.2, -0.15) is 0 Å². The van der Waals surface area contributed by atoms with E-state index in [9.17, 15) is 4.79 Å². The number of anilines is 1. The Morgan fingerprint density at radius 2 is 2.11 bits per heavy atom. The number of rotatable bonds is 6. The van der Waals surface area contributed by atoms with Gasteiger partial charge in [-0.1, -0.05) is 13.8 Å². The van der Waals surface area contributed by atoms with Gasteiger partial charge >= 0.3 is 0 Å². The fraction of sp³-hybridized carbons (Fsp3) is 0.615. The number of hydrogen-bond donors (Lipinski definition) is 2. The van der Waals surface area contributed by atoms with Gasteiger partial charge in [0, 0.05) is 18.3 Å². The molecule has 1 aromatic heterocycles. The average Bonchev–Trinajstić information content (AvgIpc) is 2.34. The Morgan fingerprint density at radius 3 is 2.72 bits per heavy atom. The Labute approximate surface area is 108 Å². The molecule has 1 atom stereocenters. The quantitative estimate of drug-likeness (QED) is 0.806. The Balaban J connectivity index is 2.66. The first-order valence-corrected chi connectivity index (χ1v) is 6.45. The van der Waals surface area contributed by atoms with Crippen LogP contribution in [0.5, 0.6) is 0 Å². The van der Waals surface area contributed by atoms with Gasteiger partial charge in [0.2, 0.25) is 5.91 Å². The van der Waals surface area contributed by atoms with Crippen molar-refractivity contribution in [3.8, 4) is 0 Å². The summed E-state index contributed by atoms with van der Waals surface area (Å²) >= 11 is 0. The summed E-state index contributed by atoms with van der Waals surface area (Å²) in [6.45, 7) is 8.46. The molecule has 0 saturated carbocycles. The minimum atomic E-state index is -0.296. The van der Waals surface area contributed by atoms with E-state index in [4.69, 9.17) is 0 Å². The molecule has 1 rings (SSSR count). The van der Waals surface area contributed by atoms with Crippen molar-refractivity contribution in [2.45, 2.75) is 46.6 Å². The molecule has 1 aromatic rings. The summed E-state index contributed by atoms with van der Waals surface area (Å²) < 4.78 is 0. The maximum absolute atomic E-state index is 11.7. The van der Waals surface area contributed by atoms with E-state index in [0.717, 1.165) is 24.4 Å². The highest BCUT2D eigenvalue weighted by Gasteiger charge is 2.12. The Morgan fingerprint density at radius 1 is 1.39 bits per heavy atom. The summed E-state index contributed by atoms with van der Waals surface area (Å²) in [5.74, 6) is 1.42. The second-order valence-electron chi connectivity index (χ2n) is 4.30. The summed E-state index contributed by atoms with van der Waals surface area (Å²) in [7, 11) is 0. The number of nitrogens with one attached hydrogen (secondary N) is 2. The van der Waals surface area contributed by atoms with Crippen LogP contribution < -0.4 is 10.6 Å². The van der Waals surface area contributed by atoms with Crippen molar-refractivity contribution in [3.05, 3.63) is 17.6 Å². The third kappa shape index (κ3) is 4.31. The Bertz CT molecular complexity index is 406. The zero-order valence-electron chi connectivity index (χ0n) is 11.6. The van der Waals surface area contributed by atoms with Crippen molar-refractivity contribution in [1.82, 2.24) is 15.3 Å². The molecule has 1 unspecified atom stereocenters. The Kier molecular flexibility index (Phi) is 5.55. The molecule has 1 heterocycles. The third-order valence-corrected chi connectivity index (χ3v) is 2.56. The van der Waals surface area contributed by atoms with Gasteiger partial charge in [0.1, 0.15) is 17.7 Å². The normalized spacial score (nSPS) is 12.0. The van der Waals surface area contributed by atoms with E-state index in [2.05, 4.69) is 20.6 Å². The zero-order valence-corrected chi connectivity index (χ0v) is 11.6. The fourth-order valence-electron chi connectivity index (χ4n) is 1.57. The molecule has 5 heteroatoms. The van der Waals surface area contributed by atoms with Gasteiger partial charge in [-0.3, -0.25) is 4.79 Å². The van der Waals surface area contributed by atoms with Gasteiger partial charge in [-0.25, -0.2) is 9.97 Å². The summed E-state index contributed by atoms with van der Waals surface area (Å²) in [5, 5.41) is 5.95. The van der Waals surface area contributed by atoms with Crippen LogP contribution in [0, 0.1) is 6.92 Å². The summed E-state index contributed by atoms with van der Waals surface area (Å²) in [6, 6.07) is 1.59. The third-order valence-electron chi connectivity index (χ3n) is 2.56. The number of carbonyl (C=O) groups excluding carboxylic acids is 1. The highest BCUT2D eigenvalue weighted by atomic mass is 16.2. The average molecular weight is 250 g/mol. The zero-order chi connectivity index (χ0) is 13.5. The number of aromatic nitrogens is 2. The SMILES string of the molecule is CCCNC(=O)C(C)Nc1cc(CC)nc(C)n1. The molecule has 18 heavy (non-hydrogen) atoms. The van der Waals surface area contributed by atoms with Crippen LogP contribution in [0.4, 0.5) is 5.82 Å². The van der Waals surface area contributed by atoms with Crippen molar-refractivity contribution in [2.75, 3.05) is 11.9 Å². The van der Waals surface area contributed by atoms with E-state index >= 15 is 0 Å². The lowest BCUT2D eigenvalue weighted by Gasteiger charge is -2.15. The number of nitrogens with zero attached hydrogens (tertiary/aromatic N) is 2. The molecule has 0 aliphatic heterocycles. The number of hydrogen-bond acceptors (Lipinski definition) is 4. The molecule has 0 aliphatic carbocycles. The lowest BCUT2D eigenvalue weighted by Crippen LogP contribution is -2.38. The first kappa shape index (κ1) is 14.4. The minimum absolute atomic E-state index is 0.00818. The molecular formula is C13H22N4O. The van der Waals surface area contributed by atoms with E-state index in [1.165, 1.54) is 0 Å². The van der Waals surface area contributed by atoms with Crippen LogP contribution in [0.25, 0.3) is 0 Å². The fourth-order valence-corrected chi connectivity index (χ4v) is 1.57. The molecule has 2 N–H and O–H groups in total. The van der Waals surface area contributed by atoms with Crippen LogP contribution >= 0.6 is 0 Å². The highest BCUT2D eigenvalue weighted by molar-refractivity contribution is 5.83. The van der Waals surface area contributed by atoms with Crippen LogP contribution in [0.2, 0.25) is 0 Å². The molecule has 5 nitrogen and oxygen atoms in total. The molecule has 1 amide bonds.